The third-order valence-electron chi connectivity index (χ3n) is 3.40. The molecule has 0 atom stereocenters. The zero-order chi connectivity index (χ0) is 17.0. The number of hydrogen-bond acceptors (Lipinski definition) is 0. The molecule has 0 aromatic heterocycles. The number of hydrogen-bond donors (Lipinski definition) is 0. The van der Waals surface area contributed by atoms with Gasteiger partial charge in [0.2, 0.25) is 0 Å². The van der Waals surface area contributed by atoms with E-state index >= 15 is 0 Å². The van der Waals surface area contributed by atoms with Crippen LogP contribution in [-0.2, 0) is 12.8 Å². The van der Waals surface area contributed by atoms with Crippen LogP contribution < -0.4 is 0 Å². The summed E-state index contributed by atoms with van der Waals surface area (Å²) in [4.78, 5) is 0. The summed E-state index contributed by atoms with van der Waals surface area (Å²) in [5.74, 6) is -1.99. The standard InChI is InChI=1S/C18H15F5/c1-12-2-4-13(5-3-12)6-7-14-10-16(19)15(17(20)11-14)8-9-18(21,22)23/h2-5,8-11H,6-7H2,1H3. The van der Waals surface area contributed by atoms with Crippen LogP contribution in [0.15, 0.2) is 42.5 Å². The summed E-state index contributed by atoms with van der Waals surface area (Å²) in [6, 6.07) is 9.91. The number of benzene rings is 2. The molecule has 5 heteroatoms. The summed E-state index contributed by atoms with van der Waals surface area (Å²) in [6.45, 7) is 1.96. The summed E-state index contributed by atoms with van der Waals surface area (Å²) < 4.78 is 63.9. The molecule has 2 rings (SSSR count). The maximum Gasteiger partial charge on any atom is 0.409 e. The topological polar surface area (TPSA) is 0 Å². The van der Waals surface area contributed by atoms with Crippen LogP contribution in [0.1, 0.15) is 22.3 Å². The van der Waals surface area contributed by atoms with Crippen LogP contribution in [0.5, 0.6) is 0 Å². The monoisotopic (exact) mass is 326 g/mol. The molecule has 0 aliphatic heterocycles. The van der Waals surface area contributed by atoms with Crippen molar-refractivity contribution in [2.24, 2.45) is 0 Å². The normalized spacial score (nSPS) is 12.1. The maximum absolute atomic E-state index is 13.8. The molecule has 2 aromatic rings. The molecule has 0 saturated carbocycles. The molecule has 122 valence electrons. The van der Waals surface area contributed by atoms with E-state index in [1.807, 2.05) is 31.2 Å². The molecule has 0 amide bonds. The quantitative estimate of drug-likeness (QED) is 0.638. The van der Waals surface area contributed by atoms with Gasteiger partial charge in [0, 0.05) is 11.6 Å². The first-order valence-corrected chi connectivity index (χ1v) is 7.04. The van der Waals surface area contributed by atoms with Crippen LogP contribution in [-0.4, -0.2) is 6.18 Å². The van der Waals surface area contributed by atoms with Gasteiger partial charge in [-0.15, -0.1) is 0 Å². The summed E-state index contributed by atoms with van der Waals surface area (Å²) in [7, 11) is 0. The molecule has 2 aromatic carbocycles. The first kappa shape index (κ1) is 17.2. The molecule has 23 heavy (non-hydrogen) atoms. The molecule has 0 fully saturated rings. The highest BCUT2D eigenvalue weighted by atomic mass is 19.4. The minimum atomic E-state index is -4.61. The highest BCUT2D eigenvalue weighted by Crippen LogP contribution is 2.22. The first-order valence-electron chi connectivity index (χ1n) is 7.04. The van der Waals surface area contributed by atoms with E-state index in [-0.39, 0.29) is 6.08 Å². The van der Waals surface area contributed by atoms with Gasteiger partial charge in [0.05, 0.1) is 0 Å². The van der Waals surface area contributed by atoms with Gasteiger partial charge < -0.3 is 0 Å². The molecular formula is C18H15F5. The van der Waals surface area contributed by atoms with Crippen LogP contribution in [0.4, 0.5) is 22.0 Å². The zero-order valence-electron chi connectivity index (χ0n) is 12.4. The Morgan fingerprint density at radius 1 is 0.870 bits per heavy atom. The lowest BCUT2D eigenvalue weighted by atomic mass is 10.0. The Kier molecular flexibility index (Phi) is 5.19. The lowest BCUT2D eigenvalue weighted by Crippen LogP contribution is -2.02. The third-order valence-corrected chi connectivity index (χ3v) is 3.40. The molecular weight excluding hydrogens is 311 g/mol. The lowest BCUT2D eigenvalue weighted by Gasteiger charge is -2.07. The van der Waals surface area contributed by atoms with Gasteiger partial charge in [-0.1, -0.05) is 29.8 Å². The second-order valence-electron chi connectivity index (χ2n) is 5.33. The van der Waals surface area contributed by atoms with Gasteiger partial charge in [-0.3, -0.25) is 0 Å². The highest BCUT2D eigenvalue weighted by molar-refractivity contribution is 5.52. The number of halogens is 5. The fourth-order valence-electron chi connectivity index (χ4n) is 2.16. The zero-order valence-corrected chi connectivity index (χ0v) is 12.4. The summed E-state index contributed by atoms with van der Waals surface area (Å²) in [5, 5.41) is 0. The maximum atomic E-state index is 13.8. The highest BCUT2D eigenvalue weighted by Gasteiger charge is 2.22. The molecule has 0 radical (unpaired) electrons. The van der Waals surface area contributed by atoms with Gasteiger partial charge in [-0.2, -0.15) is 13.2 Å². The van der Waals surface area contributed by atoms with Crippen LogP contribution in [0.2, 0.25) is 0 Å². The van der Waals surface area contributed by atoms with Gasteiger partial charge in [-0.05, 0) is 49.1 Å². The number of rotatable bonds is 4. The minimum absolute atomic E-state index is 0.180. The molecule has 0 heterocycles. The fourth-order valence-corrected chi connectivity index (χ4v) is 2.16. The Balaban J connectivity index is 2.13. The van der Waals surface area contributed by atoms with Crippen molar-refractivity contribution in [1.29, 1.82) is 0 Å². The second-order valence-corrected chi connectivity index (χ2v) is 5.33. The van der Waals surface area contributed by atoms with Crippen molar-refractivity contribution in [2.45, 2.75) is 25.9 Å². The van der Waals surface area contributed by atoms with Crippen molar-refractivity contribution in [3.63, 3.8) is 0 Å². The van der Waals surface area contributed by atoms with Crippen LogP contribution in [0.3, 0.4) is 0 Å². The molecule has 0 nitrogen and oxygen atoms in total. The Bertz CT molecular complexity index is 673. The fraction of sp³-hybridized carbons (Fsp3) is 0.222. The van der Waals surface area contributed by atoms with Crippen LogP contribution >= 0.6 is 0 Å². The van der Waals surface area contributed by atoms with Crippen molar-refractivity contribution in [3.05, 3.63) is 76.4 Å². The summed E-state index contributed by atoms with van der Waals surface area (Å²) in [6.07, 6.45) is -3.38. The molecule has 0 bridgehead atoms. The van der Waals surface area contributed by atoms with Crippen molar-refractivity contribution in [3.8, 4) is 0 Å². The largest absolute Gasteiger partial charge is 0.409 e. The molecule has 0 saturated heterocycles. The summed E-state index contributed by atoms with van der Waals surface area (Å²) >= 11 is 0. The second kappa shape index (κ2) is 6.94. The SMILES string of the molecule is Cc1ccc(CCc2cc(F)c(C=CC(F)(F)F)c(F)c2)cc1. The van der Waals surface area contributed by atoms with E-state index in [9.17, 15) is 22.0 Å². The molecule has 0 aliphatic carbocycles. The van der Waals surface area contributed by atoms with Crippen molar-refractivity contribution in [1.82, 2.24) is 0 Å². The number of aryl methyl sites for hydroxylation is 3. The van der Waals surface area contributed by atoms with Crippen molar-refractivity contribution in [2.75, 3.05) is 0 Å². The van der Waals surface area contributed by atoms with E-state index in [1.165, 1.54) is 0 Å². The van der Waals surface area contributed by atoms with Gasteiger partial charge in [0.15, 0.2) is 0 Å². The van der Waals surface area contributed by atoms with Crippen LogP contribution in [0, 0.1) is 18.6 Å². The van der Waals surface area contributed by atoms with Gasteiger partial charge >= 0.3 is 6.18 Å². The van der Waals surface area contributed by atoms with Crippen molar-refractivity contribution < 1.29 is 22.0 Å². The number of allylic oxidation sites excluding steroid dienone is 1. The predicted molar refractivity (Wildman–Crippen MR) is 80.0 cm³/mol. The summed E-state index contributed by atoms with van der Waals surface area (Å²) in [5.41, 5.74) is 1.87. The van der Waals surface area contributed by atoms with Gasteiger partial charge in [-0.25, -0.2) is 8.78 Å². The van der Waals surface area contributed by atoms with E-state index in [0.29, 0.717) is 24.5 Å². The molecule has 0 spiro atoms. The molecule has 0 aliphatic rings. The Morgan fingerprint density at radius 2 is 1.39 bits per heavy atom. The smallest absolute Gasteiger partial charge is 0.206 e. The van der Waals surface area contributed by atoms with Crippen molar-refractivity contribution >= 4 is 6.08 Å². The minimum Gasteiger partial charge on any atom is -0.206 e. The van der Waals surface area contributed by atoms with Gasteiger partial charge in [0.1, 0.15) is 11.6 Å². The Labute approximate surface area is 131 Å². The number of alkyl halides is 3. The van der Waals surface area contributed by atoms with E-state index < -0.39 is 23.4 Å². The average Bonchev–Trinajstić information content (AvgIpc) is 2.44. The van der Waals surface area contributed by atoms with Crippen LogP contribution in [0.25, 0.3) is 6.08 Å². The molecule has 0 unspecified atom stereocenters. The van der Waals surface area contributed by atoms with E-state index in [0.717, 1.165) is 23.3 Å². The Morgan fingerprint density at radius 3 is 1.91 bits per heavy atom. The average molecular weight is 326 g/mol. The van der Waals surface area contributed by atoms with E-state index in [4.69, 9.17) is 0 Å². The lowest BCUT2D eigenvalue weighted by molar-refractivity contribution is -0.0790. The molecule has 0 N–H and O–H groups in total. The first-order chi connectivity index (χ1) is 10.7. The van der Waals surface area contributed by atoms with E-state index in [2.05, 4.69) is 0 Å². The third kappa shape index (κ3) is 5.20. The predicted octanol–water partition coefficient (Wildman–Crippen LogP) is 5.63. The van der Waals surface area contributed by atoms with Gasteiger partial charge in [0.25, 0.3) is 0 Å². The Hall–Kier alpha value is -2.17. The van der Waals surface area contributed by atoms with E-state index in [1.54, 1.807) is 0 Å².